The summed E-state index contributed by atoms with van der Waals surface area (Å²) in [6, 6.07) is 1.57. The molecule has 5 heteroatoms. The van der Waals surface area contributed by atoms with Crippen LogP contribution in [0, 0.1) is 0 Å². The predicted octanol–water partition coefficient (Wildman–Crippen LogP) is 1.08. The number of esters is 1. The van der Waals surface area contributed by atoms with Crippen LogP contribution in [-0.4, -0.2) is 28.6 Å². The molecule has 1 N–H and O–H groups in total. The van der Waals surface area contributed by atoms with E-state index in [1.807, 2.05) is 0 Å². The first-order valence-electron chi connectivity index (χ1n) is 4.08. The number of carbonyl (C=O) groups excluding carboxylic acids is 1. The third-order valence-corrected chi connectivity index (χ3v) is 2.24. The van der Waals surface area contributed by atoms with Gasteiger partial charge in [0.25, 0.3) is 0 Å². The van der Waals surface area contributed by atoms with Crippen molar-refractivity contribution in [3.05, 3.63) is 23.5 Å². The van der Waals surface area contributed by atoms with Gasteiger partial charge in [0.15, 0.2) is 0 Å². The molecule has 1 aromatic heterocycles. The van der Waals surface area contributed by atoms with Crippen LogP contribution in [0.2, 0.25) is 0 Å². The number of aromatic nitrogens is 1. The predicted molar refractivity (Wildman–Crippen MR) is 52.4 cm³/mol. The molecule has 1 unspecified atom stereocenters. The fourth-order valence-corrected chi connectivity index (χ4v) is 1.35. The summed E-state index contributed by atoms with van der Waals surface area (Å²) >= 11 is 5.49. The molecule has 0 aliphatic rings. The zero-order chi connectivity index (χ0) is 10.7. The standard InChI is InChI=1S/C9H12ClNO3/c1-11-5-6(8(12)4-10)3-7(11)9(13)14-2/h3,5,8,12H,4H2,1-2H3. The van der Waals surface area contributed by atoms with E-state index in [2.05, 4.69) is 4.74 Å². The van der Waals surface area contributed by atoms with Gasteiger partial charge in [-0.15, -0.1) is 11.6 Å². The molecular weight excluding hydrogens is 206 g/mol. The Morgan fingerprint density at radius 3 is 2.93 bits per heavy atom. The van der Waals surface area contributed by atoms with E-state index in [1.165, 1.54) is 7.11 Å². The SMILES string of the molecule is COC(=O)c1cc(C(O)CCl)cn1C. The van der Waals surface area contributed by atoms with E-state index in [9.17, 15) is 9.90 Å². The van der Waals surface area contributed by atoms with E-state index in [-0.39, 0.29) is 5.88 Å². The Morgan fingerprint density at radius 2 is 2.43 bits per heavy atom. The number of ether oxygens (including phenoxy) is 1. The Balaban J connectivity index is 2.98. The number of alkyl halides is 1. The maximum atomic E-state index is 11.2. The Hall–Kier alpha value is -1.00. The van der Waals surface area contributed by atoms with Gasteiger partial charge >= 0.3 is 5.97 Å². The van der Waals surface area contributed by atoms with Crippen molar-refractivity contribution in [3.8, 4) is 0 Å². The highest BCUT2D eigenvalue weighted by atomic mass is 35.5. The van der Waals surface area contributed by atoms with Gasteiger partial charge in [-0.3, -0.25) is 0 Å². The lowest BCUT2D eigenvalue weighted by Crippen LogP contribution is -2.06. The van der Waals surface area contributed by atoms with Crippen molar-refractivity contribution < 1.29 is 14.6 Å². The van der Waals surface area contributed by atoms with Crippen molar-refractivity contribution in [3.63, 3.8) is 0 Å². The second kappa shape index (κ2) is 4.48. The van der Waals surface area contributed by atoms with Crippen LogP contribution < -0.4 is 0 Å². The van der Waals surface area contributed by atoms with Gasteiger partial charge < -0.3 is 14.4 Å². The van der Waals surface area contributed by atoms with Crippen molar-refractivity contribution in [1.82, 2.24) is 4.57 Å². The molecule has 0 saturated carbocycles. The second-order valence-electron chi connectivity index (χ2n) is 2.93. The number of nitrogens with zero attached hydrogens (tertiary/aromatic N) is 1. The number of rotatable bonds is 3. The molecule has 0 aliphatic carbocycles. The molecule has 0 spiro atoms. The first-order valence-corrected chi connectivity index (χ1v) is 4.62. The Bertz CT molecular complexity index is 335. The van der Waals surface area contributed by atoms with E-state index >= 15 is 0 Å². The molecule has 78 valence electrons. The highest BCUT2D eigenvalue weighted by Crippen LogP contribution is 2.17. The van der Waals surface area contributed by atoms with Crippen molar-refractivity contribution in [2.75, 3.05) is 13.0 Å². The molecule has 0 fully saturated rings. The second-order valence-corrected chi connectivity index (χ2v) is 3.24. The summed E-state index contributed by atoms with van der Waals surface area (Å²) in [6.07, 6.45) is 0.903. The lowest BCUT2D eigenvalue weighted by atomic mass is 10.2. The van der Waals surface area contributed by atoms with Crippen LogP contribution in [0.5, 0.6) is 0 Å². The highest BCUT2D eigenvalue weighted by molar-refractivity contribution is 6.18. The van der Waals surface area contributed by atoms with Gasteiger partial charge in [-0.25, -0.2) is 4.79 Å². The van der Waals surface area contributed by atoms with Gasteiger partial charge in [-0.2, -0.15) is 0 Å². The Morgan fingerprint density at radius 1 is 1.79 bits per heavy atom. The molecule has 1 aromatic rings. The minimum atomic E-state index is -0.749. The van der Waals surface area contributed by atoms with Crippen LogP contribution in [0.3, 0.4) is 0 Å². The lowest BCUT2D eigenvalue weighted by Gasteiger charge is -2.01. The van der Waals surface area contributed by atoms with Crippen molar-refractivity contribution in [1.29, 1.82) is 0 Å². The molecule has 0 aliphatic heterocycles. The minimum absolute atomic E-state index is 0.102. The number of methoxy groups -OCH3 is 1. The highest BCUT2D eigenvalue weighted by Gasteiger charge is 2.15. The monoisotopic (exact) mass is 217 g/mol. The Kier molecular flexibility index (Phi) is 3.55. The molecular formula is C9H12ClNO3. The molecule has 0 saturated heterocycles. The molecule has 1 heterocycles. The number of aryl methyl sites for hydroxylation is 1. The van der Waals surface area contributed by atoms with Crippen LogP contribution in [0.25, 0.3) is 0 Å². The molecule has 0 bridgehead atoms. The van der Waals surface area contributed by atoms with Crippen LogP contribution in [0.1, 0.15) is 22.2 Å². The van der Waals surface area contributed by atoms with Crippen LogP contribution in [-0.2, 0) is 11.8 Å². The molecule has 0 aromatic carbocycles. The number of carbonyl (C=O) groups is 1. The molecule has 1 atom stereocenters. The molecule has 4 nitrogen and oxygen atoms in total. The van der Waals surface area contributed by atoms with Crippen molar-refractivity contribution >= 4 is 17.6 Å². The summed E-state index contributed by atoms with van der Waals surface area (Å²) in [5, 5.41) is 9.42. The summed E-state index contributed by atoms with van der Waals surface area (Å²) in [6.45, 7) is 0. The quantitative estimate of drug-likeness (QED) is 0.609. The fraction of sp³-hybridized carbons (Fsp3) is 0.444. The van der Waals surface area contributed by atoms with Gasteiger partial charge in [-0.05, 0) is 6.07 Å². The number of aliphatic hydroxyl groups is 1. The third kappa shape index (κ3) is 2.08. The average Bonchev–Trinajstić information content (AvgIpc) is 2.58. The first-order chi connectivity index (χ1) is 6.60. The van der Waals surface area contributed by atoms with Gasteiger partial charge in [-0.1, -0.05) is 0 Å². The van der Waals surface area contributed by atoms with E-state index in [0.29, 0.717) is 11.3 Å². The van der Waals surface area contributed by atoms with E-state index in [1.54, 1.807) is 23.9 Å². The van der Waals surface area contributed by atoms with Crippen LogP contribution in [0.15, 0.2) is 12.3 Å². The van der Waals surface area contributed by atoms with Crippen LogP contribution in [0.4, 0.5) is 0 Å². The van der Waals surface area contributed by atoms with Gasteiger partial charge in [0, 0.05) is 18.8 Å². The van der Waals surface area contributed by atoms with E-state index < -0.39 is 12.1 Å². The smallest absolute Gasteiger partial charge is 0.354 e. The molecule has 0 amide bonds. The number of hydrogen-bond acceptors (Lipinski definition) is 3. The minimum Gasteiger partial charge on any atom is -0.464 e. The lowest BCUT2D eigenvalue weighted by molar-refractivity contribution is 0.0590. The largest absolute Gasteiger partial charge is 0.464 e. The maximum absolute atomic E-state index is 11.2. The molecule has 0 radical (unpaired) electrons. The normalized spacial score (nSPS) is 12.6. The van der Waals surface area contributed by atoms with Gasteiger partial charge in [0.05, 0.1) is 19.1 Å². The topological polar surface area (TPSA) is 51.5 Å². The number of hydrogen-bond donors (Lipinski definition) is 1. The van der Waals surface area contributed by atoms with E-state index in [0.717, 1.165) is 0 Å². The summed E-state index contributed by atoms with van der Waals surface area (Å²) in [4.78, 5) is 11.2. The van der Waals surface area contributed by atoms with E-state index in [4.69, 9.17) is 11.6 Å². The van der Waals surface area contributed by atoms with Crippen molar-refractivity contribution in [2.45, 2.75) is 6.10 Å². The number of halogens is 1. The van der Waals surface area contributed by atoms with Gasteiger partial charge in [0.2, 0.25) is 0 Å². The summed E-state index contributed by atoms with van der Waals surface area (Å²) in [5.74, 6) is -0.328. The fourth-order valence-electron chi connectivity index (χ4n) is 1.17. The number of aliphatic hydroxyl groups excluding tert-OH is 1. The van der Waals surface area contributed by atoms with Crippen molar-refractivity contribution in [2.24, 2.45) is 7.05 Å². The summed E-state index contributed by atoms with van der Waals surface area (Å²) in [7, 11) is 3.02. The van der Waals surface area contributed by atoms with Crippen LogP contribution >= 0.6 is 11.6 Å². The maximum Gasteiger partial charge on any atom is 0.354 e. The molecule has 1 rings (SSSR count). The first kappa shape index (κ1) is 11.1. The summed E-state index contributed by atoms with van der Waals surface area (Å²) < 4.78 is 6.16. The third-order valence-electron chi connectivity index (χ3n) is 1.95. The average molecular weight is 218 g/mol. The zero-order valence-electron chi connectivity index (χ0n) is 8.03. The zero-order valence-corrected chi connectivity index (χ0v) is 8.78. The Labute approximate surface area is 87.0 Å². The summed E-state index contributed by atoms with van der Waals surface area (Å²) in [5.41, 5.74) is 1.01. The van der Waals surface area contributed by atoms with Gasteiger partial charge in [0.1, 0.15) is 5.69 Å². The molecule has 14 heavy (non-hydrogen) atoms.